The van der Waals surface area contributed by atoms with Gasteiger partial charge in [-0.05, 0) is 37.5 Å². The second kappa shape index (κ2) is 4.67. The third kappa shape index (κ3) is 2.43. The zero-order valence-electron chi connectivity index (χ0n) is 10.2. The Balaban J connectivity index is 1.90. The van der Waals surface area contributed by atoms with Crippen LogP contribution >= 0.6 is 0 Å². The van der Waals surface area contributed by atoms with Crippen molar-refractivity contribution in [3.63, 3.8) is 0 Å². The largest absolute Gasteiger partial charge is 0.299 e. The van der Waals surface area contributed by atoms with Gasteiger partial charge < -0.3 is 0 Å². The van der Waals surface area contributed by atoms with Crippen molar-refractivity contribution in [2.75, 3.05) is 0 Å². The number of rotatable bonds is 2. The van der Waals surface area contributed by atoms with Gasteiger partial charge in [0.2, 0.25) is 0 Å². The maximum absolute atomic E-state index is 12.3. The van der Waals surface area contributed by atoms with Crippen LogP contribution < -0.4 is 0 Å². The first-order chi connectivity index (χ1) is 7.18. The summed E-state index contributed by atoms with van der Waals surface area (Å²) in [6.07, 6.45) is 8.62. The van der Waals surface area contributed by atoms with E-state index in [4.69, 9.17) is 0 Å². The quantitative estimate of drug-likeness (QED) is 0.674. The Morgan fingerprint density at radius 2 is 1.60 bits per heavy atom. The maximum atomic E-state index is 12.3. The van der Waals surface area contributed by atoms with Crippen molar-refractivity contribution >= 4 is 5.78 Å². The molecule has 2 unspecified atom stereocenters. The lowest BCUT2D eigenvalue weighted by Crippen LogP contribution is -2.28. The van der Waals surface area contributed by atoms with Crippen LogP contribution in [0.5, 0.6) is 0 Å². The van der Waals surface area contributed by atoms with Gasteiger partial charge in [0, 0.05) is 11.8 Å². The smallest absolute Gasteiger partial charge is 0.139 e. The summed E-state index contributed by atoms with van der Waals surface area (Å²) in [5, 5.41) is 0. The van der Waals surface area contributed by atoms with E-state index in [0.29, 0.717) is 23.5 Å². The molecule has 0 saturated heterocycles. The van der Waals surface area contributed by atoms with Crippen LogP contribution in [0.2, 0.25) is 0 Å². The summed E-state index contributed by atoms with van der Waals surface area (Å²) < 4.78 is 0. The van der Waals surface area contributed by atoms with Crippen LogP contribution in [0.25, 0.3) is 0 Å². The highest BCUT2D eigenvalue weighted by Crippen LogP contribution is 2.37. The van der Waals surface area contributed by atoms with Gasteiger partial charge >= 0.3 is 0 Å². The molecule has 0 bridgehead atoms. The minimum absolute atomic E-state index is 0.420. The van der Waals surface area contributed by atoms with Crippen molar-refractivity contribution in [1.82, 2.24) is 0 Å². The third-order valence-electron chi connectivity index (χ3n) is 4.65. The van der Waals surface area contributed by atoms with Crippen LogP contribution in [0.1, 0.15) is 58.8 Å². The predicted octanol–water partition coefficient (Wildman–Crippen LogP) is 3.82. The van der Waals surface area contributed by atoms with Crippen molar-refractivity contribution in [2.24, 2.45) is 23.7 Å². The molecule has 2 fully saturated rings. The van der Waals surface area contributed by atoms with Crippen LogP contribution in [-0.2, 0) is 4.79 Å². The highest BCUT2D eigenvalue weighted by molar-refractivity contribution is 5.84. The Hall–Kier alpha value is -0.330. The molecule has 15 heavy (non-hydrogen) atoms. The molecule has 0 amide bonds. The third-order valence-corrected chi connectivity index (χ3v) is 4.65. The molecule has 1 heteroatoms. The Labute approximate surface area is 93.6 Å². The molecule has 86 valence electrons. The van der Waals surface area contributed by atoms with Gasteiger partial charge in [-0.25, -0.2) is 0 Å². The van der Waals surface area contributed by atoms with Crippen molar-refractivity contribution in [3.05, 3.63) is 0 Å². The fraction of sp³-hybridized carbons (Fsp3) is 0.929. The van der Waals surface area contributed by atoms with Gasteiger partial charge in [0.05, 0.1) is 0 Å². The fourth-order valence-electron chi connectivity index (χ4n) is 3.42. The fourth-order valence-corrected chi connectivity index (χ4v) is 3.42. The van der Waals surface area contributed by atoms with Gasteiger partial charge in [-0.1, -0.05) is 33.1 Å². The Morgan fingerprint density at radius 3 is 2.13 bits per heavy atom. The summed E-state index contributed by atoms with van der Waals surface area (Å²) in [5.74, 6) is 2.98. The predicted molar refractivity (Wildman–Crippen MR) is 62.6 cm³/mol. The molecular formula is C14H24O. The molecular weight excluding hydrogens is 184 g/mol. The number of Topliss-reactive ketones (excluding diaryl/α,β-unsaturated/α-hetero) is 1. The van der Waals surface area contributed by atoms with E-state index < -0.39 is 0 Å². The summed E-state index contributed by atoms with van der Waals surface area (Å²) >= 11 is 0. The molecule has 0 radical (unpaired) electrons. The lowest BCUT2D eigenvalue weighted by molar-refractivity contribution is -0.128. The molecule has 0 N–H and O–H groups in total. The molecule has 2 rings (SSSR count). The van der Waals surface area contributed by atoms with Gasteiger partial charge in [-0.3, -0.25) is 4.79 Å². The number of carbonyl (C=O) groups is 1. The van der Waals surface area contributed by atoms with Gasteiger partial charge in [-0.15, -0.1) is 0 Å². The first-order valence-corrected chi connectivity index (χ1v) is 6.72. The Bertz CT molecular complexity index is 225. The molecule has 2 saturated carbocycles. The zero-order chi connectivity index (χ0) is 10.8. The van der Waals surface area contributed by atoms with E-state index >= 15 is 0 Å². The number of hydrogen-bond donors (Lipinski definition) is 0. The van der Waals surface area contributed by atoms with Gasteiger partial charge in [-0.2, -0.15) is 0 Å². The molecule has 0 aromatic heterocycles. The molecule has 0 aromatic carbocycles. The summed E-state index contributed by atoms with van der Waals surface area (Å²) in [7, 11) is 0. The second-order valence-corrected chi connectivity index (χ2v) is 5.87. The van der Waals surface area contributed by atoms with Crippen LogP contribution in [0.4, 0.5) is 0 Å². The van der Waals surface area contributed by atoms with Gasteiger partial charge in [0.15, 0.2) is 0 Å². The van der Waals surface area contributed by atoms with E-state index in [1.807, 2.05) is 0 Å². The van der Waals surface area contributed by atoms with Crippen molar-refractivity contribution in [3.8, 4) is 0 Å². The second-order valence-electron chi connectivity index (χ2n) is 5.87. The average Bonchev–Trinajstić information content (AvgIpc) is 2.65. The monoisotopic (exact) mass is 208 g/mol. The highest BCUT2D eigenvalue weighted by Gasteiger charge is 2.34. The molecule has 2 atom stereocenters. The topological polar surface area (TPSA) is 17.1 Å². The Morgan fingerprint density at radius 1 is 0.933 bits per heavy atom. The lowest BCUT2D eigenvalue weighted by atomic mass is 9.76. The van der Waals surface area contributed by atoms with Crippen molar-refractivity contribution in [2.45, 2.75) is 58.8 Å². The van der Waals surface area contributed by atoms with E-state index in [9.17, 15) is 4.79 Å². The summed E-state index contributed by atoms with van der Waals surface area (Å²) in [6.45, 7) is 4.58. The molecule has 2 aliphatic rings. The Kier molecular flexibility index (Phi) is 3.48. The summed E-state index contributed by atoms with van der Waals surface area (Å²) in [4.78, 5) is 12.3. The van der Waals surface area contributed by atoms with E-state index in [2.05, 4.69) is 13.8 Å². The standard InChI is InChI=1S/C14H24O/c1-10-6-8-12(9-7-10)14(15)13-5-3-4-11(13)2/h10-13H,3-9H2,1-2H3. The maximum Gasteiger partial charge on any atom is 0.139 e. The molecule has 0 aromatic rings. The number of hydrogen-bond acceptors (Lipinski definition) is 1. The first kappa shape index (κ1) is 11.2. The highest BCUT2D eigenvalue weighted by atomic mass is 16.1. The minimum atomic E-state index is 0.420. The number of ketones is 1. The SMILES string of the molecule is CC1CCC(C(=O)C2CCCC2C)CC1. The normalized spacial score (nSPS) is 41.7. The van der Waals surface area contributed by atoms with Crippen LogP contribution in [0, 0.1) is 23.7 Å². The molecule has 0 spiro atoms. The van der Waals surface area contributed by atoms with E-state index in [1.165, 1.54) is 44.9 Å². The summed E-state index contributed by atoms with van der Waals surface area (Å²) in [5.41, 5.74) is 0. The number of carbonyl (C=O) groups excluding carboxylic acids is 1. The minimum Gasteiger partial charge on any atom is -0.299 e. The van der Waals surface area contributed by atoms with Crippen molar-refractivity contribution in [1.29, 1.82) is 0 Å². The van der Waals surface area contributed by atoms with E-state index in [-0.39, 0.29) is 0 Å². The lowest BCUT2D eigenvalue weighted by Gasteiger charge is -2.28. The molecule has 0 aliphatic heterocycles. The zero-order valence-corrected chi connectivity index (χ0v) is 10.2. The van der Waals surface area contributed by atoms with Gasteiger partial charge in [0.1, 0.15) is 5.78 Å². The molecule has 0 heterocycles. The first-order valence-electron chi connectivity index (χ1n) is 6.72. The van der Waals surface area contributed by atoms with Gasteiger partial charge in [0.25, 0.3) is 0 Å². The van der Waals surface area contributed by atoms with Crippen LogP contribution in [0.15, 0.2) is 0 Å². The van der Waals surface area contributed by atoms with Crippen LogP contribution in [0.3, 0.4) is 0 Å². The van der Waals surface area contributed by atoms with Crippen molar-refractivity contribution < 1.29 is 4.79 Å². The molecule has 1 nitrogen and oxygen atoms in total. The van der Waals surface area contributed by atoms with E-state index in [0.717, 1.165) is 5.92 Å². The molecule has 2 aliphatic carbocycles. The van der Waals surface area contributed by atoms with E-state index in [1.54, 1.807) is 0 Å². The van der Waals surface area contributed by atoms with Crippen LogP contribution in [-0.4, -0.2) is 5.78 Å². The summed E-state index contributed by atoms with van der Waals surface area (Å²) in [6, 6.07) is 0. The average molecular weight is 208 g/mol.